The first-order valence-electron chi connectivity index (χ1n) is 8.37. The molecule has 2 aliphatic heterocycles. The predicted octanol–water partition coefficient (Wildman–Crippen LogP) is 2.97. The Balaban J connectivity index is 1.65. The summed E-state index contributed by atoms with van der Waals surface area (Å²) < 4.78 is 14.1. The molecule has 1 saturated heterocycles. The van der Waals surface area contributed by atoms with E-state index >= 15 is 0 Å². The van der Waals surface area contributed by atoms with Crippen LogP contribution in [-0.4, -0.2) is 25.0 Å². The van der Waals surface area contributed by atoms with Crippen LogP contribution >= 0.6 is 0 Å². The minimum atomic E-state index is -0.352. The number of anilines is 3. The van der Waals surface area contributed by atoms with Crippen LogP contribution in [0.15, 0.2) is 42.5 Å². The van der Waals surface area contributed by atoms with Crippen LogP contribution < -0.4 is 15.5 Å². The number of para-hydroxylation sites is 1. The summed E-state index contributed by atoms with van der Waals surface area (Å²) in [7, 11) is 0. The van der Waals surface area contributed by atoms with E-state index in [4.69, 9.17) is 5.73 Å². The number of nitrogen functional groups attached to an aromatic ring is 1. The van der Waals surface area contributed by atoms with Gasteiger partial charge in [0.25, 0.3) is 0 Å². The summed E-state index contributed by atoms with van der Waals surface area (Å²) in [5, 5.41) is 0. The fourth-order valence-corrected chi connectivity index (χ4v) is 3.87. The highest BCUT2D eigenvalue weighted by Crippen LogP contribution is 2.36. The molecule has 0 saturated carbocycles. The molecule has 4 rings (SSSR count). The van der Waals surface area contributed by atoms with Crippen molar-refractivity contribution >= 4 is 23.0 Å². The quantitative estimate of drug-likeness (QED) is 0.864. The van der Waals surface area contributed by atoms with Crippen molar-refractivity contribution < 1.29 is 9.18 Å². The Kier molecular flexibility index (Phi) is 3.63. The van der Waals surface area contributed by atoms with Crippen molar-refractivity contribution in [1.82, 2.24) is 0 Å². The molecule has 4 nitrogen and oxygen atoms in total. The van der Waals surface area contributed by atoms with E-state index in [1.54, 1.807) is 23.1 Å². The average molecular weight is 325 g/mol. The van der Waals surface area contributed by atoms with Crippen molar-refractivity contribution in [2.24, 2.45) is 0 Å². The lowest BCUT2D eigenvalue weighted by atomic mass is 9.98. The summed E-state index contributed by atoms with van der Waals surface area (Å²) in [5.74, 6) is -0.384. The molecule has 2 aromatic carbocycles. The van der Waals surface area contributed by atoms with Crippen LogP contribution in [0.5, 0.6) is 0 Å². The Morgan fingerprint density at radius 1 is 1.04 bits per heavy atom. The number of carbonyl (C=O) groups excluding carboxylic acids is 1. The Bertz CT molecular complexity index is 792. The van der Waals surface area contributed by atoms with E-state index in [1.807, 2.05) is 18.2 Å². The molecular formula is C19H20FN3O. The van der Waals surface area contributed by atoms with E-state index in [2.05, 4.69) is 4.90 Å². The molecule has 2 aliphatic rings. The molecule has 1 fully saturated rings. The van der Waals surface area contributed by atoms with Gasteiger partial charge in [0.1, 0.15) is 11.9 Å². The van der Waals surface area contributed by atoms with Crippen LogP contribution in [0.4, 0.5) is 21.5 Å². The van der Waals surface area contributed by atoms with Crippen LogP contribution in [0.2, 0.25) is 0 Å². The fraction of sp³-hybridized carbons (Fsp3) is 0.316. The second-order valence-corrected chi connectivity index (χ2v) is 6.39. The van der Waals surface area contributed by atoms with Crippen LogP contribution in [-0.2, 0) is 11.2 Å². The van der Waals surface area contributed by atoms with Gasteiger partial charge in [0, 0.05) is 24.5 Å². The molecule has 1 atom stereocenters. The smallest absolute Gasteiger partial charge is 0.249 e. The van der Waals surface area contributed by atoms with Crippen LogP contribution in [0.25, 0.3) is 0 Å². The van der Waals surface area contributed by atoms with Gasteiger partial charge in [-0.15, -0.1) is 0 Å². The number of fused-ring (bicyclic) bond motifs is 1. The van der Waals surface area contributed by atoms with E-state index < -0.39 is 0 Å². The molecule has 2 aromatic rings. The SMILES string of the molecule is Nc1cccc2c1CCCN2C1CCN(c2ccccc2F)C1=O. The van der Waals surface area contributed by atoms with Crippen molar-refractivity contribution in [3.8, 4) is 0 Å². The highest BCUT2D eigenvalue weighted by Gasteiger charge is 2.39. The second-order valence-electron chi connectivity index (χ2n) is 6.39. The molecule has 0 spiro atoms. The van der Waals surface area contributed by atoms with Gasteiger partial charge in [-0.2, -0.15) is 0 Å². The minimum Gasteiger partial charge on any atom is -0.398 e. The first-order valence-corrected chi connectivity index (χ1v) is 8.37. The fourth-order valence-electron chi connectivity index (χ4n) is 3.87. The molecule has 1 amide bonds. The standard InChI is InChI=1S/C19H20FN3O/c20-14-6-1-2-8-17(14)23-12-10-18(19(23)24)22-11-4-5-13-15(21)7-3-9-16(13)22/h1-3,6-9,18H,4-5,10-12,21H2. The lowest BCUT2D eigenvalue weighted by Crippen LogP contribution is -2.44. The van der Waals surface area contributed by atoms with E-state index in [1.165, 1.54) is 6.07 Å². The number of carbonyl (C=O) groups is 1. The third kappa shape index (κ3) is 2.31. The first kappa shape index (κ1) is 15.0. The Morgan fingerprint density at radius 3 is 2.67 bits per heavy atom. The molecule has 1 unspecified atom stereocenters. The topological polar surface area (TPSA) is 49.6 Å². The summed E-state index contributed by atoms with van der Waals surface area (Å²) in [4.78, 5) is 16.7. The molecule has 2 heterocycles. The average Bonchev–Trinajstić information content (AvgIpc) is 2.97. The van der Waals surface area contributed by atoms with Crippen molar-refractivity contribution in [2.75, 3.05) is 28.6 Å². The van der Waals surface area contributed by atoms with Gasteiger partial charge < -0.3 is 15.5 Å². The van der Waals surface area contributed by atoms with E-state index in [-0.39, 0.29) is 17.8 Å². The zero-order chi connectivity index (χ0) is 16.7. The lowest BCUT2D eigenvalue weighted by molar-refractivity contribution is -0.118. The van der Waals surface area contributed by atoms with E-state index in [9.17, 15) is 9.18 Å². The minimum absolute atomic E-state index is 0.0321. The van der Waals surface area contributed by atoms with Crippen molar-refractivity contribution in [2.45, 2.75) is 25.3 Å². The number of benzene rings is 2. The Labute approximate surface area is 140 Å². The second kappa shape index (κ2) is 5.82. The van der Waals surface area contributed by atoms with Gasteiger partial charge in [0.05, 0.1) is 5.69 Å². The lowest BCUT2D eigenvalue weighted by Gasteiger charge is -2.35. The molecule has 5 heteroatoms. The van der Waals surface area contributed by atoms with E-state index in [0.717, 1.165) is 36.3 Å². The maximum atomic E-state index is 14.1. The summed E-state index contributed by atoms with van der Waals surface area (Å²) in [6, 6.07) is 12.1. The zero-order valence-electron chi connectivity index (χ0n) is 13.4. The normalized spacial score (nSPS) is 20.4. The maximum Gasteiger partial charge on any atom is 0.249 e. The van der Waals surface area contributed by atoms with Gasteiger partial charge in [-0.1, -0.05) is 18.2 Å². The van der Waals surface area contributed by atoms with Gasteiger partial charge >= 0.3 is 0 Å². The number of rotatable bonds is 2. The summed E-state index contributed by atoms with van der Waals surface area (Å²) in [5.41, 5.74) is 9.44. The van der Waals surface area contributed by atoms with Crippen molar-refractivity contribution in [1.29, 1.82) is 0 Å². The number of hydrogen-bond donors (Lipinski definition) is 1. The number of nitrogens with zero attached hydrogens (tertiary/aromatic N) is 2. The van der Waals surface area contributed by atoms with Gasteiger partial charge in [-0.25, -0.2) is 4.39 Å². The highest BCUT2D eigenvalue weighted by molar-refractivity contribution is 6.01. The van der Waals surface area contributed by atoms with Gasteiger partial charge in [-0.05, 0) is 49.1 Å². The first-order chi connectivity index (χ1) is 11.7. The Hall–Kier alpha value is -2.56. The molecular weight excluding hydrogens is 305 g/mol. The Morgan fingerprint density at radius 2 is 1.83 bits per heavy atom. The van der Waals surface area contributed by atoms with E-state index in [0.29, 0.717) is 18.7 Å². The zero-order valence-corrected chi connectivity index (χ0v) is 13.4. The van der Waals surface area contributed by atoms with Crippen molar-refractivity contribution in [3.63, 3.8) is 0 Å². The molecule has 124 valence electrons. The third-order valence-electron chi connectivity index (χ3n) is 5.02. The van der Waals surface area contributed by atoms with Crippen LogP contribution in [0.1, 0.15) is 18.4 Å². The molecule has 2 N–H and O–H groups in total. The van der Waals surface area contributed by atoms with Crippen LogP contribution in [0, 0.1) is 5.82 Å². The molecule has 0 radical (unpaired) electrons. The monoisotopic (exact) mass is 325 g/mol. The highest BCUT2D eigenvalue weighted by atomic mass is 19.1. The number of nitrogens with two attached hydrogens (primary N) is 1. The predicted molar refractivity (Wildman–Crippen MR) is 93.7 cm³/mol. The third-order valence-corrected chi connectivity index (χ3v) is 5.02. The number of amides is 1. The van der Waals surface area contributed by atoms with Gasteiger partial charge in [-0.3, -0.25) is 4.79 Å². The number of halogens is 1. The molecule has 24 heavy (non-hydrogen) atoms. The molecule has 0 aliphatic carbocycles. The largest absolute Gasteiger partial charge is 0.398 e. The van der Waals surface area contributed by atoms with Gasteiger partial charge in [0.2, 0.25) is 5.91 Å². The van der Waals surface area contributed by atoms with Gasteiger partial charge in [0.15, 0.2) is 0 Å². The number of hydrogen-bond acceptors (Lipinski definition) is 3. The van der Waals surface area contributed by atoms with Crippen molar-refractivity contribution in [3.05, 3.63) is 53.8 Å². The molecule has 0 bridgehead atoms. The van der Waals surface area contributed by atoms with Crippen LogP contribution in [0.3, 0.4) is 0 Å². The summed E-state index contributed by atoms with van der Waals surface area (Å²) >= 11 is 0. The maximum absolute atomic E-state index is 14.1. The molecule has 0 aromatic heterocycles. The summed E-state index contributed by atoms with van der Waals surface area (Å²) in [6.45, 7) is 1.37. The summed E-state index contributed by atoms with van der Waals surface area (Å²) in [6.07, 6.45) is 2.61.